The number of carbonyl (C=O) groups excluding carboxylic acids is 2. The molecule has 206 valence electrons. The van der Waals surface area contributed by atoms with E-state index >= 15 is 0 Å². The summed E-state index contributed by atoms with van der Waals surface area (Å²) < 4.78 is 50.3. The molecule has 2 unspecified atom stereocenters. The van der Waals surface area contributed by atoms with Crippen LogP contribution in [0, 0.1) is 0 Å². The minimum atomic E-state index is -4.45. The summed E-state index contributed by atoms with van der Waals surface area (Å²) >= 11 is 0. The predicted octanol–water partition coefficient (Wildman–Crippen LogP) is 5.07. The fourth-order valence-corrected chi connectivity index (χ4v) is 4.77. The van der Waals surface area contributed by atoms with Crippen LogP contribution >= 0.6 is 0 Å². The molecule has 2 aromatic carbocycles. The molecule has 2 amide bonds. The van der Waals surface area contributed by atoms with Crippen LogP contribution in [0.4, 0.5) is 23.7 Å². The minimum Gasteiger partial charge on any atom is -0.444 e. The number of likely N-dealkylation sites (tertiary alicyclic amines) is 1. The van der Waals surface area contributed by atoms with Gasteiger partial charge < -0.3 is 24.6 Å². The van der Waals surface area contributed by atoms with Crippen molar-refractivity contribution in [3.63, 3.8) is 0 Å². The second-order valence-electron chi connectivity index (χ2n) is 10.7. The Morgan fingerprint density at radius 2 is 1.58 bits per heavy atom. The smallest absolute Gasteiger partial charge is 0.416 e. The highest BCUT2D eigenvalue weighted by Crippen LogP contribution is 2.33. The zero-order valence-electron chi connectivity index (χ0n) is 21.9. The number of benzene rings is 2. The molecule has 0 radical (unpaired) electrons. The number of carbonyl (C=O) groups is 2. The lowest BCUT2D eigenvalue weighted by atomic mass is 9.85. The van der Waals surface area contributed by atoms with E-state index in [1.165, 1.54) is 12.1 Å². The number of anilines is 1. The predicted molar refractivity (Wildman–Crippen MR) is 137 cm³/mol. The van der Waals surface area contributed by atoms with Gasteiger partial charge >= 0.3 is 12.3 Å². The summed E-state index contributed by atoms with van der Waals surface area (Å²) in [4.78, 5) is 29.7. The van der Waals surface area contributed by atoms with Crippen molar-refractivity contribution in [3.05, 3.63) is 65.2 Å². The zero-order chi connectivity index (χ0) is 27.5. The SMILES string of the molecule is CC(C)(C)OC(=O)N1CCC(NC(=O)c2ccc(N3CCOCC3)cc2)C(c2ccc(C(F)(F)F)cc2)C1. The van der Waals surface area contributed by atoms with Crippen LogP contribution < -0.4 is 10.2 Å². The zero-order valence-corrected chi connectivity index (χ0v) is 21.9. The summed E-state index contributed by atoms with van der Waals surface area (Å²) in [5, 5.41) is 3.06. The van der Waals surface area contributed by atoms with Gasteiger partial charge in [-0.2, -0.15) is 13.2 Å². The van der Waals surface area contributed by atoms with Gasteiger partial charge in [-0.1, -0.05) is 12.1 Å². The lowest BCUT2D eigenvalue weighted by molar-refractivity contribution is -0.137. The Kier molecular flexibility index (Phi) is 8.20. The van der Waals surface area contributed by atoms with Crippen molar-refractivity contribution in [1.29, 1.82) is 0 Å². The Hall–Kier alpha value is -3.27. The molecule has 2 heterocycles. The fraction of sp³-hybridized carbons (Fsp3) is 0.500. The normalized spacial score (nSPS) is 20.7. The summed E-state index contributed by atoms with van der Waals surface area (Å²) in [5.74, 6) is -0.679. The van der Waals surface area contributed by atoms with Crippen LogP contribution in [0.2, 0.25) is 0 Å². The second-order valence-corrected chi connectivity index (χ2v) is 10.7. The number of amides is 2. The van der Waals surface area contributed by atoms with Crippen LogP contribution in [0.5, 0.6) is 0 Å². The maximum absolute atomic E-state index is 13.2. The molecule has 2 aliphatic rings. The number of nitrogens with zero attached hydrogens (tertiary/aromatic N) is 2. The second kappa shape index (κ2) is 11.2. The molecule has 10 heteroatoms. The van der Waals surface area contributed by atoms with Crippen LogP contribution in [-0.2, 0) is 15.7 Å². The highest BCUT2D eigenvalue weighted by atomic mass is 19.4. The van der Waals surface area contributed by atoms with Gasteiger partial charge in [-0.05, 0) is 69.2 Å². The standard InChI is InChI=1S/C28H34F3N3O4/c1-27(2,3)38-26(36)34-13-12-24(23(18-34)19-4-8-21(9-5-19)28(29,30)31)32-25(35)20-6-10-22(11-7-20)33-14-16-37-17-15-33/h4-11,23-24H,12-18H2,1-3H3,(H,32,35). The molecular weight excluding hydrogens is 499 g/mol. The molecule has 2 fully saturated rings. The van der Waals surface area contributed by atoms with Crippen molar-refractivity contribution in [2.45, 2.75) is 50.9 Å². The largest absolute Gasteiger partial charge is 0.444 e. The molecule has 1 N–H and O–H groups in total. The van der Waals surface area contributed by atoms with Gasteiger partial charge in [0.25, 0.3) is 5.91 Å². The molecular formula is C28H34F3N3O4. The molecule has 2 atom stereocenters. The third kappa shape index (κ3) is 6.98. The van der Waals surface area contributed by atoms with Crippen molar-refractivity contribution in [3.8, 4) is 0 Å². The van der Waals surface area contributed by atoms with Crippen molar-refractivity contribution < 1.29 is 32.2 Å². The molecule has 4 rings (SSSR count). The molecule has 0 saturated carbocycles. The van der Waals surface area contributed by atoms with Crippen LogP contribution in [0.3, 0.4) is 0 Å². The quantitative estimate of drug-likeness (QED) is 0.595. The maximum Gasteiger partial charge on any atom is 0.416 e. The van der Waals surface area contributed by atoms with E-state index in [4.69, 9.17) is 9.47 Å². The molecule has 0 aliphatic carbocycles. The molecule has 7 nitrogen and oxygen atoms in total. The summed E-state index contributed by atoms with van der Waals surface area (Å²) in [6, 6.07) is 11.9. The van der Waals surface area contributed by atoms with Crippen molar-refractivity contribution >= 4 is 17.7 Å². The summed E-state index contributed by atoms with van der Waals surface area (Å²) in [6.45, 7) is 8.78. The van der Waals surface area contributed by atoms with Crippen LogP contribution in [-0.4, -0.2) is 67.9 Å². The number of rotatable bonds is 4. The number of nitrogens with one attached hydrogen (secondary N) is 1. The number of morpholine rings is 1. The van der Waals surface area contributed by atoms with Gasteiger partial charge in [0.2, 0.25) is 0 Å². The van der Waals surface area contributed by atoms with Crippen molar-refractivity contribution in [2.75, 3.05) is 44.3 Å². The van der Waals surface area contributed by atoms with Crippen LogP contribution in [0.25, 0.3) is 0 Å². The van der Waals surface area contributed by atoms with E-state index in [1.807, 2.05) is 12.1 Å². The molecule has 2 saturated heterocycles. The van der Waals surface area contributed by atoms with Crippen molar-refractivity contribution in [2.24, 2.45) is 0 Å². The number of hydrogen-bond acceptors (Lipinski definition) is 5. The van der Waals surface area contributed by atoms with Gasteiger partial charge in [0.05, 0.1) is 18.8 Å². The summed E-state index contributed by atoms with van der Waals surface area (Å²) in [6.07, 6.45) is -4.50. The summed E-state index contributed by atoms with van der Waals surface area (Å²) in [7, 11) is 0. The maximum atomic E-state index is 13.2. The van der Waals surface area contributed by atoms with Gasteiger partial charge in [-0.25, -0.2) is 4.79 Å². The highest BCUT2D eigenvalue weighted by molar-refractivity contribution is 5.94. The first kappa shape index (κ1) is 27.8. The minimum absolute atomic E-state index is 0.210. The van der Waals surface area contributed by atoms with Crippen LogP contribution in [0.1, 0.15) is 54.6 Å². The van der Waals surface area contributed by atoms with Gasteiger partial charge in [0.1, 0.15) is 5.60 Å². The van der Waals surface area contributed by atoms with Gasteiger partial charge in [-0.3, -0.25) is 4.79 Å². The Labute approximate surface area is 220 Å². The topological polar surface area (TPSA) is 71.1 Å². The van der Waals surface area contributed by atoms with E-state index in [0.717, 1.165) is 30.9 Å². The average molecular weight is 534 g/mol. The van der Waals surface area contributed by atoms with E-state index in [-0.39, 0.29) is 18.5 Å². The Morgan fingerprint density at radius 1 is 0.947 bits per heavy atom. The molecule has 0 bridgehead atoms. The first-order chi connectivity index (χ1) is 17.9. The molecule has 0 aromatic heterocycles. The molecule has 38 heavy (non-hydrogen) atoms. The number of piperidine rings is 1. The highest BCUT2D eigenvalue weighted by Gasteiger charge is 2.36. The van der Waals surface area contributed by atoms with E-state index in [0.29, 0.717) is 37.3 Å². The molecule has 2 aromatic rings. The van der Waals surface area contributed by atoms with E-state index in [9.17, 15) is 22.8 Å². The molecule has 2 aliphatic heterocycles. The average Bonchev–Trinajstić information content (AvgIpc) is 2.88. The number of hydrogen-bond donors (Lipinski definition) is 1. The van der Waals surface area contributed by atoms with Crippen LogP contribution in [0.15, 0.2) is 48.5 Å². The Bertz CT molecular complexity index is 1110. The fourth-order valence-electron chi connectivity index (χ4n) is 4.77. The van der Waals surface area contributed by atoms with Gasteiger partial charge in [-0.15, -0.1) is 0 Å². The van der Waals surface area contributed by atoms with E-state index in [2.05, 4.69) is 10.2 Å². The number of alkyl halides is 3. The lowest BCUT2D eigenvalue weighted by Gasteiger charge is -2.39. The third-order valence-corrected chi connectivity index (χ3v) is 6.75. The Balaban J connectivity index is 1.51. The number of ether oxygens (including phenoxy) is 2. The molecule has 0 spiro atoms. The van der Waals surface area contributed by atoms with Gasteiger partial charge in [0, 0.05) is 49.4 Å². The van der Waals surface area contributed by atoms with E-state index < -0.39 is 29.4 Å². The summed E-state index contributed by atoms with van der Waals surface area (Å²) in [5.41, 5.74) is 0.682. The third-order valence-electron chi connectivity index (χ3n) is 6.75. The van der Waals surface area contributed by atoms with Gasteiger partial charge in [0.15, 0.2) is 0 Å². The van der Waals surface area contributed by atoms with E-state index in [1.54, 1.807) is 37.8 Å². The Morgan fingerprint density at radius 3 is 2.16 bits per heavy atom. The number of halogens is 3. The monoisotopic (exact) mass is 533 g/mol. The van der Waals surface area contributed by atoms with Crippen molar-refractivity contribution in [1.82, 2.24) is 10.2 Å². The first-order valence-corrected chi connectivity index (χ1v) is 12.8. The lowest BCUT2D eigenvalue weighted by Crippen LogP contribution is -2.52. The first-order valence-electron chi connectivity index (χ1n) is 12.8.